The minimum Gasteiger partial charge on any atom is -0.274 e. The third-order valence-corrected chi connectivity index (χ3v) is 6.93. The molecular weight excluding hydrogens is 232 g/mol. The van der Waals surface area contributed by atoms with E-state index in [9.17, 15) is 0 Å². The highest BCUT2D eigenvalue weighted by molar-refractivity contribution is 5.85. The van der Waals surface area contributed by atoms with Crippen LogP contribution in [-0.4, -0.2) is 0 Å². The Bertz CT molecular complexity index is 219. The van der Waals surface area contributed by atoms with Crippen molar-refractivity contribution in [2.75, 3.05) is 0 Å². The van der Waals surface area contributed by atoms with Crippen LogP contribution in [0, 0.1) is 47.3 Å². The van der Waals surface area contributed by atoms with Gasteiger partial charge in [0.2, 0.25) is 0 Å². The zero-order valence-electron chi connectivity index (χ0n) is 10.4. The molecule has 7 fully saturated rings. The Morgan fingerprint density at radius 3 is 0.824 bits per heavy atom. The quantitative estimate of drug-likeness (QED) is 0.517. The smallest absolute Gasteiger partial charge is 0.0349 e. The van der Waals surface area contributed by atoms with Gasteiger partial charge in [0.15, 0.2) is 0 Å². The highest BCUT2D eigenvalue weighted by atomic mass is 35.5. The predicted octanol–water partition coefficient (Wildman–Crippen LogP) is 2.57. The van der Waals surface area contributed by atoms with Gasteiger partial charge in [0.05, 0.1) is 0 Å². The summed E-state index contributed by atoms with van der Waals surface area (Å²) in [5, 5.41) is 0. The fourth-order valence-corrected chi connectivity index (χ4v) is 6.89. The molecule has 7 saturated carbocycles. The summed E-state index contributed by atoms with van der Waals surface area (Å²) in [4.78, 5) is 0. The summed E-state index contributed by atoms with van der Waals surface area (Å²) in [6, 6.07) is 0. The summed E-state index contributed by atoms with van der Waals surface area (Å²) < 4.78 is 0. The number of rotatable bonds is 0. The van der Waals surface area contributed by atoms with Crippen LogP contribution >= 0.6 is 12.4 Å². The molecule has 3 heteroatoms. The molecule has 2 nitrogen and oxygen atoms in total. The Morgan fingerprint density at radius 1 is 0.471 bits per heavy atom. The first kappa shape index (κ1) is 12.3. The molecule has 8 bridgehead atoms. The number of halogens is 1. The molecule has 0 aliphatic heterocycles. The molecule has 0 unspecified atom stereocenters. The van der Waals surface area contributed by atoms with E-state index in [4.69, 9.17) is 0 Å². The molecule has 7 aliphatic rings. The lowest BCUT2D eigenvalue weighted by atomic mass is 9.36. The molecule has 0 aromatic rings. The Kier molecular flexibility index (Phi) is 2.96. The molecule has 0 heterocycles. The van der Waals surface area contributed by atoms with Crippen molar-refractivity contribution < 1.29 is 0 Å². The molecule has 0 atom stereocenters. The molecule has 4 N–H and O–H groups in total. The molecule has 0 aromatic carbocycles. The van der Waals surface area contributed by atoms with Gasteiger partial charge in [0.25, 0.3) is 0 Å². The molecule has 0 amide bonds. The van der Waals surface area contributed by atoms with Crippen molar-refractivity contribution in [2.45, 2.75) is 38.5 Å². The van der Waals surface area contributed by atoms with E-state index in [2.05, 4.69) is 11.7 Å². The van der Waals surface area contributed by atoms with Crippen molar-refractivity contribution in [3.63, 3.8) is 0 Å². The van der Waals surface area contributed by atoms with Crippen LogP contribution in [0.2, 0.25) is 0 Å². The van der Waals surface area contributed by atoms with E-state index in [0.29, 0.717) is 0 Å². The van der Waals surface area contributed by atoms with E-state index in [0.717, 1.165) is 0 Å². The van der Waals surface area contributed by atoms with Gasteiger partial charge in [0.1, 0.15) is 0 Å². The molecule has 0 saturated heterocycles. The standard InChI is InChI=1S/C14H20.ClH.H4N2/c1-7-2-12-10-4-8-5-11(9(1)10)13(3-7)14(12)6-8;;1-2/h7-14H,1-6H2;1H;1-2H2. The lowest BCUT2D eigenvalue weighted by molar-refractivity contribution is -0.202. The molecule has 7 aliphatic carbocycles. The fraction of sp³-hybridized carbons (Fsp3) is 1.00. The fourth-order valence-electron chi connectivity index (χ4n) is 6.89. The maximum Gasteiger partial charge on any atom is -0.0349 e. The molecule has 7 rings (SSSR count). The van der Waals surface area contributed by atoms with E-state index < -0.39 is 0 Å². The molecule has 0 spiro atoms. The topological polar surface area (TPSA) is 52.0 Å². The van der Waals surface area contributed by atoms with E-state index in [1.165, 1.54) is 47.3 Å². The maximum atomic E-state index is 4.00. The van der Waals surface area contributed by atoms with Crippen molar-refractivity contribution >= 4 is 12.4 Å². The van der Waals surface area contributed by atoms with E-state index in [-0.39, 0.29) is 12.4 Å². The third kappa shape index (κ3) is 1.41. The van der Waals surface area contributed by atoms with Crippen LogP contribution in [0.1, 0.15) is 38.5 Å². The van der Waals surface area contributed by atoms with Gasteiger partial charge < -0.3 is 0 Å². The van der Waals surface area contributed by atoms with Crippen molar-refractivity contribution in [2.24, 2.45) is 59.0 Å². The van der Waals surface area contributed by atoms with Gasteiger partial charge in [-0.25, -0.2) is 0 Å². The maximum absolute atomic E-state index is 4.00. The van der Waals surface area contributed by atoms with Crippen molar-refractivity contribution in [3.8, 4) is 0 Å². The van der Waals surface area contributed by atoms with Gasteiger partial charge in [-0.3, -0.25) is 11.7 Å². The lowest BCUT2D eigenvalue weighted by Gasteiger charge is -2.69. The van der Waals surface area contributed by atoms with Gasteiger partial charge in [-0.2, -0.15) is 0 Å². The van der Waals surface area contributed by atoms with Gasteiger partial charge >= 0.3 is 0 Å². The Labute approximate surface area is 110 Å². The zero-order chi connectivity index (χ0) is 10.9. The molecular formula is C14H25ClN2. The van der Waals surface area contributed by atoms with Gasteiger partial charge in [-0.1, -0.05) is 0 Å². The molecule has 17 heavy (non-hydrogen) atoms. The van der Waals surface area contributed by atoms with Crippen LogP contribution in [0.3, 0.4) is 0 Å². The summed E-state index contributed by atoms with van der Waals surface area (Å²) in [6.07, 6.45) is 9.93. The van der Waals surface area contributed by atoms with Gasteiger partial charge in [-0.05, 0) is 85.9 Å². The summed E-state index contributed by atoms with van der Waals surface area (Å²) >= 11 is 0. The van der Waals surface area contributed by atoms with Crippen LogP contribution in [-0.2, 0) is 0 Å². The molecule has 0 radical (unpaired) electrons. The van der Waals surface area contributed by atoms with Gasteiger partial charge in [0, 0.05) is 0 Å². The van der Waals surface area contributed by atoms with E-state index >= 15 is 0 Å². The van der Waals surface area contributed by atoms with E-state index in [1.807, 2.05) is 0 Å². The average Bonchev–Trinajstić information content (AvgIpc) is 2.37. The Balaban J connectivity index is 0.000000288. The minimum atomic E-state index is 0. The summed E-state index contributed by atoms with van der Waals surface area (Å²) in [7, 11) is 0. The number of nitrogens with two attached hydrogens (primary N) is 2. The Morgan fingerprint density at radius 2 is 0.647 bits per heavy atom. The summed E-state index contributed by atoms with van der Waals surface area (Å²) in [5.41, 5.74) is 0. The zero-order valence-corrected chi connectivity index (χ0v) is 11.2. The second kappa shape index (κ2) is 4.11. The minimum absolute atomic E-state index is 0. The van der Waals surface area contributed by atoms with Crippen LogP contribution in [0.4, 0.5) is 0 Å². The molecule has 98 valence electrons. The highest BCUT2D eigenvalue weighted by Crippen LogP contribution is 2.71. The Hall–Kier alpha value is 0.210. The number of hydrazine groups is 1. The largest absolute Gasteiger partial charge is 0.274 e. The number of hydrogen-bond acceptors (Lipinski definition) is 2. The van der Waals surface area contributed by atoms with Crippen LogP contribution in [0.25, 0.3) is 0 Å². The van der Waals surface area contributed by atoms with E-state index in [1.54, 1.807) is 38.5 Å². The summed E-state index contributed by atoms with van der Waals surface area (Å²) in [6.45, 7) is 0. The van der Waals surface area contributed by atoms with Crippen molar-refractivity contribution in [3.05, 3.63) is 0 Å². The monoisotopic (exact) mass is 256 g/mol. The first-order valence-electron chi connectivity index (χ1n) is 7.23. The normalized spacial score (nSPS) is 59.6. The van der Waals surface area contributed by atoms with Crippen LogP contribution < -0.4 is 11.7 Å². The highest BCUT2D eigenvalue weighted by Gasteiger charge is 2.63. The first-order chi connectivity index (χ1) is 7.90. The second-order valence-corrected chi connectivity index (χ2v) is 7.13. The lowest BCUT2D eigenvalue weighted by Crippen LogP contribution is -2.62. The predicted molar refractivity (Wildman–Crippen MR) is 71.2 cm³/mol. The van der Waals surface area contributed by atoms with Crippen LogP contribution in [0.5, 0.6) is 0 Å². The third-order valence-electron chi connectivity index (χ3n) is 6.93. The average molecular weight is 257 g/mol. The van der Waals surface area contributed by atoms with Gasteiger partial charge in [-0.15, -0.1) is 12.4 Å². The molecule has 0 aromatic heterocycles. The second-order valence-electron chi connectivity index (χ2n) is 7.13. The number of hydrogen-bond donors (Lipinski definition) is 2. The first-order valence-corrected chi connectivity index (χ1v) is 7.23. The van der Waals surface area contributed by atoms with Crippen molar-refractivity contribution in [1.82, 2.24) is 0 Å². The van der Waals surface area contributed by atoms with Crippen molar-refractivity contribution in [1.29, 1.82) is 0 Å². The van der Waals surface area contributed by atoms with Crippen LogP contribution in [0.15, 0.2) is 0 Å². The summed E-state index contributed by atoms with van der Waals surface area (Å²) in [5.74, 6) is 17.7. The SMILES string of the molecule is C1C2CC3C4CC5CC(C14)C(C2)C3C5.Cl.NN.